The third-order valence-electron chi connectivity index (χ3n) is 0.970. The minimum Gasteiger partial charge on any atom is -0.455 e. The third kappa shape index (κ3) is 5.09. The maximum absolute atomic E-state index is 12.0. The van der Waals surface area contributed by atoms with E-state index in [9.17, 15) is 18.1 Å². The monoisotopic (exact) mass is 264 g/mol. The van der Waals surface area contributed by atoms with Crippen molar-refractivity contribution in [2.75, 3.05) is 6.61 Å². The van der Waals surface area contributed by atoms with Crippen molar-refractivity contribution in [3.63, 3.8) is 0 Å². The minimum atomic E-state index is -4.09. The summed E-state index contributed by atoms with van der Waals surface area (Å²) in [6, 6.07) is 0. The van der Waals surface area contributed by atoms with E-state index < -0.39 is 23.0 Å². The molecular weight excluding hydrogens is 257 g/mol. The fraction of sp³-hybridized carbons (Fsp3) is 0.833. The lowest BCUT2D eigenvalue weighted by molar-refractivity contribution is -0.364. The summed E-state index contributed by atoms with van der Waals surface area (Å²) in [4.78, 5) is 13.1. The molecule has 0 atom stereocenters. The van der Waals surface area contributed by atoms with Crippen LogP contribution in [0.5, 0.6) is 0 Å². The Morgan fingerprint density at radius 3 is 2.23 bits per heavy atom. The van der Waals surface area contributed by atoms with Gasteiger partial charge in [-0.15, -0.1) is 4.94 Å². The van der Waals surface area contributed by atoms with Crippen molar-refractivity contribution in [3.8, 4) is 0 Å². The number of halogens is 4. The van der Waals surface area contributed by atoms with E-state index in [-0.39, 0.29) is 0 Å². The molecule has 78 valence electrons. The van der Waals surface area contributed by atoms with E-state index in [2.05, 4.69) is 25.6 Å². The zero-order valence-corrected chi connectivity index (χ0v) is 8.53. The standard InChI is InChI=1S/C6H8BrF3O3/c1-5(2,7)4(11)12-3-6(8,9)13-10/h3H2,1-2H3. The van der Waals surface area contributed by atoms with Gasteiger partial charge in [0, 0.05) is 0 Å². The highest BCUT2D eigenvalue weighted by molar-refractivity contribution is 9.10. The van der Waals surface area contributed by atoms with Crippen LogP contribution in [0.2, 0.25) is 0 Å². The summed E-state index contributed by atoms with van der Waals surface area (Å²) in [5, 5.41) is 0. The van der Waals surface area contributed by atoms with E-state index in [0.29, 0.717) is 0 Å². The summed E-state index contributed by atoms with van der Waals surface area (Å²) >= 11 is 2.88. The molecule has 0 rings (SSSR count). The van der Waals surface area contributed by atoms with Gasteiger partial charge in [0.2, 0.25) is 0 Å². The summed E-state index contributed by atoms with van der Waals surface area (Å²) in [6.07, 6.45) is -4.09. The van der Waals surface area contributed by atoms with Gasteiger partial charge in [0.15, 0.2) is 6.61 Å². The van der Waals surface area contributed by atoms with Crippen molar-refractivity contribution in [2.24, 2.45) is 0 Å². The van der Waals surface area contributed by atoms with Gasteiger partial charge < -0.3 is 4.74 Å². The number of carbonyl (C=O) groups is 1. The maximum atomic E-state index is 12.0. The van der Waals surface area contributed by atoms with Crippen LogP contribution in [0.3, 0.4) is 0 Å². The number of carbonyl (C=O) groups excluding carboxylic acids is 1. The fourth-order valence-electron chi connectivity index (χ4n) is 0.343. The zero-order chi connectivity index (χ0) is 10.7. The molecule has 0 fully saturated rings. The van der Waals surface area contributed by atoms with Gasteiger partial charge in [-0.3, -0.25) is 4.79 Å². The molecule has 0 N–H and O–H groups in total. The molecule has 0 spiro atoms. The Hall–Kier alpha value is -0.300. The summed E-state index contributed by atoms with van der Waals surface area (Å²) in [6.45, 7) is 1.37. The number of alkyl halides is 3. The number of rotatable bonds is 4. The molecule has 7 heteroatoms. The molecule has 0 saturated heterocycles. The SMILES string of the molecule is CC(C)(Br)C(=O)OCC(F)(F)OF. The van der Waals surface area contributed by atoms with Crippen LogP contribution >= 0.6 is 15.9 Å². The molecule has 0 aliphatic heterocycles. The molecular formula is C6H8BrF3O3. The second-order valence-electron chi connectivity index (χ2n) is 2.76. The summed E-state index contributed by atoms with van der Waals surface area (Å²) < 4.78 is 38.1. The Balaban J connectivity index is 3.98. The summed E-state index contributed by atoms with van der Waals surface area (Å²) in [5.74, 6) is -0.927. The number of hydrogen-bond acceptors (Lipinski definition) is 3. The van der Waals surface area contributed by atoms with Crippen molar-refractivity contribution in [1.29, 1.82) is 0 Å². The largest absolute Gasteiger partial charge is 0.455 e. The van der Waals surface area contributed by atoms with Crippen LogP contribution < -0.4 is 0 Å². The van der Waals surface area contributed by atoms with Gasteiger partial charge in [-0.2, -0.15) is 8.78 Å². The molecule has 3 nitrogen and oxygen atoms in total. The lowest BCUT2D eigenvalue weighted by atomic mass is 10.2. The second kappa shape index (κ2) is 4.28. The van der Waals surface area contributed by atoms with Gasteiger partial charge in [-0.05, 0) is 18.4 Å². The van der Waals surface area contributed by atoms with Crippen LogP contribution in [0.1, 0.15) is 13.8 Å². The lowest BCUT2D eigenvalue weighted by Crippen LogP contribution is -2.33. The Morgan fingerprint density at radius 2 is 1.92 bits per heavy atom. The molecule has 0 heterocycles. The smallest absolute Gasteiger partial charge is 0.419 e. The molecule has 0 radical (unpaired) electrons. The van der Waals surface area contributed by atoms with E-state index in [1.807, 2.05) is 0 Å². The van der Waals surface area contributed by atoms with E-state index in [1.165, 1.54) is 13.8 Å². The first kappa shape index (κ1) is 12.7. The van der Waals surface area contributed by atoms with Gasteiger partial charge in [-0.25, -0.2) is 0 Å². The van der Waals surface area contributed by atoms with Crippen LogP contribution in [-0.2, 0) is 14.5 Å². The van der Waals surface area contributed by atoms with Crippen LogP contribution in [0, 0.1) is 0 Å². The topological polar surface area (TPSA) is 35.5 Å². The van der Waals surface area contributed by atoms with Gasteiger partial charge >= 0.3 is 12.1 Å². The maximum Gasteiger partial charge on any atom is 0.419 e. The molecule has 0 aliphatic rings. The highest BCUT2D eigenvalue weighted by atomic mass is 79.9. The number of esters is 1. The molecule has 0 aromatic heterocycles. The quantitative estimate of drug-likeness (QED) is 0.577. The highest BCUT2D eigenvalue weighted by Gasteiger charge is 2.36. The Kier molecular flexibility index (Phi) is 4.18. The van der Waals surface area contributed by atoms with Crippen molar-refractivity contribution >= 4 is 21.9 Å². The molecule has 0 aromatic carbocycles. The van der Waals surface area contributed by atoms with Crippen LogP contribution in [0.15, 0.2) is 0 Å². The Bertz CT molecular complexity index is 190. The van der Waals surface area contributed by atoms with Crippen LogP contribution in [-0.4, -0.2) is 23.0 Å². The summed E-state index contributed by atoms with van der Waals surface area (Å²) in [5.41, 5.74) is 0. The minimum absolute atomic E-state index is 0.927. The van der Waals surface area contributed by atoms with Crippen molar-refractivity contribution in [3.05, 3.63) is 0 Å². The zero-order valence-electron chi connectivity index (χ0n) is 6.94. The van der Waals surface area contributed by atoms with E-state index in [0.717, 1.165) is 0 Å². The predicted molar refractivity (Wildman–Crippen MR) is 41.1 cm³/mol. The Morgan fingerprint density at radius 1 is 1.46 bits per heavy atom. The van der Waals surface area contributed by atoms with Gasteiger partial charge in [0.25, 0.3) is 0 Å². The highest BCUT2D eigenvalue weighted by Crippen LogP contribution is 2.21. The molecule has 13 heavy (non-hydrogen) atoms. The van der Waals surface area contributed by atoms with Crippen molar-refractivity contribution in [2.45, 2.75) is 24.3 Å². The molecule has 0 saturated carbocycles. The molecule has 0 unspecified atom stereocenters. The van der Waals surface area contributed by atoms with Gasteiger partial charge in [0.1, 0.15) is 4.32 Å². The number of hydrogen-bond donors (Lipinski definition) is 0. The average molecular weight is 265 g/mol. The predicted octanol–water partition coefficient (Wildman–Crippen LogP) is 2.20. The van der Waals surface area contributed by atoms with E-state index >= 15 is 0 Å². The average Bonchev–Trinajstić information content (AvgIpc) is 1.98. The molecule has 0 aliphatic carbocycles. The number of ether oxygens (including phenoxy) is 1. The lowest BCUT2D eigenvalue weighted by Gasteiger charge is -2.16. The molecule has 0 amide bonds. The van der Waals surface area contributed by atoms with Crippen molar-refractivity contribution in [1.82, 2.24) is 0 Å². The first-order valence-electron chi connectivity index (χ1n) is 3.23. The van der Waals surface area contributed by atoms with Crippen LogP contribution in [0.25, 0.3) is 0 Å². The Labute approximate surface area is 81.2 Å². The van der Waals surface area contributed by atoms with Crippen molar-refractivity contribution < 1.29 is 27.8 Å². The van der Waals surface area contributed by atoms with Gasteiger partial charge in [0.05, 0.1) is 0 Å². The third-order valence-corrected chi connectivity index (χ3v) is 1.29. The van der Waals surface area contributed by atoms with E-state index in [1.54, 1.807) is 0 Å². The normalized spacial score (nSPS) is 12.8. The molecule has 0 aromatic rings. The second-order valence-corrected chi connectivity index (χ2v) is 4.75. The first-order valence-corrected chi connectivity index (χ1v) is 4.02. The fourth-order valence-corrected chi connectivity index (χ4v) is 0.458. The molecule has 0 bridgehead atoms. The first-order chi connectivity index (χ1) is 5.69. The van der Waals surface area contributed by atoms with Crippen LogP contribution in [0.4, 0.5) is 13.3 Å². The van der Waals surface area contributed by atoms with E-state index in [4.69, 9.17) is 0 Å². The van der Waals surface area contributed by atoms with Gasteiger partial charge in [-0.1, -0.05) is 15.9 Å². The summed E-state index contributed by atoms with van der Waals surface area (Å²) in [7, 11) is 0.